The second-order valence-corrected chi connectivity index (χ2v) is 7.32. The number of alkyl halides is 4. The van der Waals surface area contributed by atoms with Gasteiger partial charge in [0.15, 0.2) is 0 Å². The quantitative estimate of drug-likeness (QED) is 0.472. The molecule has 1 heterocycles. The number of hydrogen-bond acceptors (Lipinski definition) is 2. The van der Waals surface area contributed by atoms with Crippen LogP contribution >= 0.6 is 34.2 Å². The topological polar surface area (TPSA) is 42.0 Å². The Morgan fingerprint density at radius 3 is 2.75 bits per heavy atom. The number of aromatic nitrogens is 1. The highest BCUT2D eigenvalue weighted by molar-refractivity contribution is 14.1. The Kier molecular flexibility index (Phi) is 6.30. The Hall–Kier alpha value is -1.09. The van der Waals surface area contributed by atoms with Gasteiger partial charge in [0.1, 0.15) is 0 Å². The Bertz CT molecular complexity index is 739. The van der Waals surface area contributed by atoms with Gasteiger partial charge in [0.25, 0.3) is 0 Å². The van der Waals surface area contributed by atoms with Gasteiger partial charge in [0, 0.05) is 26.4 Å². The van der Waals surface area contributed by atoms with Crippen LogP contribution in [-0.2, 0) is 4.79 Å². The summed E-state index contributed by atoms with van der Waals surface area (Å²) in [6, 6.07) is 7.27. The van der Waals surface area contributed by atoms with Gasteiger partial charge in [0.05, 0.1) is 17.6 Å². The number of benzene rings is 1. The van der Waals surface area contributed by atoms with E-state index in [0.29, 0.717) is 11.2 Å². The van der Waals surface area contributed by atoms with Crippen LogP contribution in [-0.4, -0.2) is 22.4 Å². The number of halogens is 5. The van der Waals surface area contributed by atoms with Crippen molar-refractivity contribution in [3.8, 4) is 0 Å². The Labute approximate surface area is 156 Å². The molecule has 0 aliphatic carbocycles. The van der Waals surface area contributed by atoms with E-state index in [1.807, 2.05) is 12.1 Å². The van der Waals surface area contributed by atoms with Gasteiger partial charge in [0.2, 0.25) is 5.91 Å². The SMILES string of the molecule is CC(CC(Cl)CC(F)(F)F)C(=O)Nc1ccc(I)c2cccnc12. The molecule has 1 aromatic heterocycles. The molecule has 8 heteroatoms. The van der Waals surface area contributed by atoms with Crippen molar-refractivity contribution in [2.24, 2.45) is 5.92 Å². The van der Waals surface area contributed by atoms with Crippen molar-refractivity contribution < 1.29 is 18.0 Å². The molecule has 2 aromatic rings. The highest BCUT2D eigenvalue weighted by Gasteiger charge is 2.32. The molecule has 0 radical (unpaired) electrons. The molecular weight excluding hydrogens is 456 g/mol. The number of carbonyl (C=O) groups excluding carboxylic acids is 1. The van der Waals surface area contributed by atoms with E-state index < -0.39 is 23.9 Å². The normalized spacial score (nSPS) is 14.4. The summed E-state index contributed by atoms with van der Waals surface area (Å²) in [5.41, 5.74) is 1.17. The zero-order valence-electron chi connectivity index (χ0n) is 12.7. The van der Waals surface area contributed by atoms with E-state index in [1.54, 1.807) is 25.3 Å². The van der Waals surface area contributed by atoms with Gasteiger partial charge in [-0.1, -0.05) is 13.0 Å². The van der Waals surface area contributed by atoms with E-state index in [1.165, 1.54) is 0 Å². The third-order valence-corrected chi connectivity index (χ3v) is 4.76. The minimum atomic E-state index is -4.33. The Morgan fingerprint density at radius 1 is 1.38 bits per heavy atom. The first-order valence-electron chi connectivity index (χ1n) is 7.22. The van der Waals surface area contributed by atoms with Crippen molar-refractivity contribution in [2.75, 3.05) is 5.32 Å². The zero-order valence-corrected chi connectivity index (χ0v) is 15.6. The van der Waals surface area contributed by atoms with Gasteiger partial charge in [-0.3, -0.25) is 9.78 Å². The third kappa shape index (κ3) is 5.20. The fourth-order valence-electron chi connectivity index (χ4n) is 2.32. The highest BCUT2D eigenvalue weighted by Crippen LogP contribution is 2.29. The van der Waals surface area contributed by atoms with Crippen molar-refractivity contribution in [3.05, 3.63) is 34.0 Å². The average Bonchev–Trinajstić information content (AvgIpc) is 2.48. The summed E-state index contributed by atoms with van der Waals surface area (Å²) in [7, 11) is 0. The number of carbonyl (C=O) groups is 1. The molecule has 0 spiro atoms. The second kappa shape index (κ2) is 7.86. The molecule has 2 rings (SSSR count). The number of anilines is 1. The van der Waals surface area contributed by atoms with Crippen molar-refractivity contribution >= 4 is 56.7 Å². The summed E-state index contributed by atoms with van der Waals surface area (Å²) in [6.45, 7) is 1.56. The molecule has 1 N–H and O–H groups in total. The van der Waals surface area contributed by atoms with E-state index in [0.717, 1.165) is 8.96 Å². The molecule has 0 aliphatic rings. The van der Waals surface area contributed by atoms with Crippen LogP contribution in [0.3, 0.4) is 0 Å². The first-order chi connectivity index (χ1) is 11.2. The maximum atomic E-state index is 12.3. The van der Waals surface area contributed by atoms with Gasteiger partial charge in [-0.15, -0.1) is 11.6 Å². The van der Waals surface area contributed by atoms with Crippen LogP contribution < -0.4 is 5.32 Å². The van der Waals surface area contributed by atoms with Gasteiger partial charge < -0.3 is 5.32 Å². The summed E-state index contributed by atoms with van der Waals surface area (Å²) >= 11 is 7.88. The second-order valence-electron chi connectivity index (χ2n) is 5.54. The summed E-state index contributed by atoms with van der Waals surface area (Å²) in [6.07, 6.45) is -3.88. The monoisotopic (exact) mass is 470 g/mol. The van der Waals surface area contributed by atoms with E-state index in [2.05, 4.69) is 32.9 Å². The van der Waals surface area contributed by atoms with Crippen molar-refractivity contribution in [2.45, 2.75) is 31.3 Å². The number of nitrogens with one attached hydrogen (secondary N) is 1. The minimum absolute atomic E-state index is 0.0529. The number of pyridine rings is 1. The Morgan fingerprint density at radius 2 is 2.08 bits per heavy atom. The van der Waals surface area contributed by atoms with Crippen LogP contribution in [0.25, 0.3) is 10.9 Å². The molecule has 0 saturated heterocycles. The summed E-state index contributed by atoms with van der Waals surface area (Å²) in [5, 5.41) is 2.51. The summed E-state index contributed by atoms with van der Waals surface area (Å²) < 4.78 is 38.0. The molecule has 0 bridgehead atoms. The molecule has 1 aromatic carbocycles. The van der Waals surface area contributed by atoms with Gasteiger partial charge in [-0.05, 0) is 47.2 Å². The summed E-state index contributed by atoms with van der Waals surface area (Å²) in [4.78, 5) is 16.5. The molecule has 1 amide bonds. The van der Waals surface area contributed by atoms with Crippen molar-refractivity contribution in [1.29, 1.82) is 0 Å². The maximum absolute atomic E-state index is 12.3. The van der Waals surface area contributed by atoms with Crippen LogP contribution in [0.1, 0.15) is 19.8 Å². The van der Waals surface area contributed by atoms with Crippen LogP contribution in [0.2, 0.25) is 0 Å². The molecule has 3 nitrogen and oxygen atoms in total. The van der Waals surface area contributed by atoms with E-state index in [9.17, 15) is 18.0 Å². The fourth-order valence-corrected chi connectivity index (χ4v) is 3.38. The lowest BCUT2D eigenvalue weighted by Gasteiger charge is -2.17. The first kappa shape index (κ1) is 19.2. The van der Waals surface area contributed by atoms with Gasteiger partial charge in [-0.25, -0.2) is 0 Å². The summed E-state index contributed by atoms with van der Waals surface area (Å²) in [5.74, 6) is -1.02. The molecule has 2 atom stereocenters. The van der Waals surface area contributed by atoms with Crippen molar-refractivity contribution in [1.82, 2.24) is 4.98 Å². The lowest BCUT2D eigenvalue weighted by Crippen LogP contribution is -2.25. The lowest BCUT2D eigenvalue weighted by atomic mass is 10.0. The molecule has 130 valence electrons. The number of fused-ring (bicyclic) bond motifs is 1. The molecule has 0 aliphatic heterocycles. The standard InChI is InChI=1S/C16H15ClF3IN2O/c1-9(7-10(17)8-16(18,19)20)15(24)23-13-5-4-12(21)11-3-2-6-22-14(11)13/h2-6,9-10H,7-8H2,1H3,(H,23,24). The molecule has 24 heavy (non-hydrogen) atoms. The zero-order chi connectivity index (χ0) is 17.9. The maximum Gasteiger partial charge on any atom is 0.390 e. The number of rotatable bonds is 5. The van der Waals surface area contributed by atoms with Crippen molar-refractivity contribution in [3.63, 3.8) is 0 Å². The van der Waals surface area contributed by atoms with Crippen LogP contribution in [0.4, 0.5) is 18.9 Å². The van der Waals surface area contributed by atoms with E-state index >= 15 is 0 Å². The third-order valence-electron chi connectivity index (χ3n) is 3.48. The van der Waals surface area contributed by atoms with E-state index in [4.69, 9.17) is 11.6 Å². The minimum Gasteiger partial charge on any atom is -0.324 e. The van der Waals surface area contributed by atoms with E-state index in [-0.39, 0.29) is 12.3 Å². The van der Waals surface area contributed by atoms with Crippen LogP contribution in [0.15, 0.2) is 30.5 Å². The van der Waals surface area contributed by atoms with Gasteiger partial charge in [-0.2, -0.15) is 13.2 Å². The largest absolute Gasteiger partial charge is 0.390 e. The van der Waals surface area contributed by atoms with Crippen LogP contribution in [0, 0.1) is 9.49 Å². The molecular formula is C16H15ClF3IN2O. The lowest BCUT2D eigenvalue weighted by molar-refractivity contribution is -0.136. The predicted molar refractivity (Wildman–Crippen MR) is 97.2 cm³/mol. The predicted octanol–water partition coefficient (Wildman–Crippen LogP) is 5.36. The average molecular weight is 471 g/mol. The molecule has 0 fully saturated rings. The first-order valence-corrected chi connectivity index (χ1v) is 8.74. The number of hydrogen-bond donors (Lipinski definition) is 1. The smallest absolute Gasteiger partial charge is 0.324 e. The van der Waals surface area contributed by atoms with Gasteiger partial charge >= 0.3 is 6.18 Å². The number of nitrogens with zero attached hydrogens (tertiary/aromatic N) is 1. The van der Waals surface area contributed by atoms with Crippen LogP contribution in [0.5, 0.6) is 0 Å². The highest BCUT2D eigenvalue weighted by atomic mass is 127. The molecule has 2 unspecified atom stereocenters. The number of amides is 1. The Balaban J connectivity index is 2.08. The molecule has 0 saturated carbocycles. The fraction of sp³-hybridized carbons (Fsp3) is 0.375.